The number of carbonyl (C=O) groups excluding carboxylic acids is 1. The van der Waals surface area contributed by atoms with Crippen LogP contribution in [-0.4, -0.2) is 24.7 Å². The van der Waals surface area contributed by atoms with E-state index in [1.54, 1.807) is 7.05 Å². The van der Waals surface area contributed by atoms with Crippen LogP contribution in [0.4, 0.5) is 5.69 Å². The van der Waals surface area contributed by atoms with E-state index >= 15 is 0 Å². The summed E-state index contributed by atoms with van der Waals surface area (Å²) in [7, 11) is 1.76. The number of thioether (sulfide) groups is 1. The molecule has 3 nitrogen and oxygen atoms in total. The summed E-state index contributed by atoms with van der Waals surface area (Å²) in [5.41, 5.74) is 2.00. The number of likely N-dealkylation sites (N-methyl/N-ethyl adjacent to an activating group) is 1. The summed E-state index contributed by atoms with van der Waals surface area (Å²) in [5.74, 6) is -0.0112. The average molecular weight is 303 g/mol. The minimum Gasteiger partial charge on any atom is -0.325 e. The minimum absolute atomic E-state index is 0. The van der Waals surface area contributed by atoms with Gasteiger partial charge in [0.15, 0.2) is 0 Å². The quantitative estimate of drug-likeness (QED) is 0.791. The third kappa shape index (κ3) is 6.32. The fourth-order valence-electron chi connectivity index (χ4n) is 1.52. The van der Waals surface area contributed by atoms with Gasteiger partial charge in [-0.25, -0.2) is 0 Å². The van der Waals surface area contributed by atoms with E-state index in [1.165, 1.54) is 4.90 Å². The van der Waals surface area contributed by atoms with Crippen molar-refractivity contribution >= 4 is 35.8 Å². The lowest BCUT2D eigenvalue weighted by atomic mass is 10.2. The van der Waals surface area contributed by atoms with Gasteiger partial charge in [-0.15, -0.1) is 24.2 Å². The van der Waals surface area contributed by atoms with Crippen LogP contribution in [-0.2, 0) is 4.79 Å². The van der Waals surface area contributed by atoms with Crippen molar-refractivity contribution < 1.29 is 4.79 Å². The monoisotopic (exact) mass is 302 g/mol. The van der Waals surface area contributed by atoms with E-state index in [9.17, 15) is 4.79 Å². The van der Waals surface area contributed by atoms with Crippen molar-refractivity contribution in [3.05, 3.63) is 23.8 Å². The second-order valence-corrected chi connectivity index (χ2v) is 5.90. The van der Waals surface area contributed by atoms with Crippen LogP contribution in [0, 0.1) is 6.92 Å². The topological polar surface area (TPSA) is 41.1 Å². The number of amides is 1. The molecule has 19 heavy (non-hydrogen) atoms. The molecule has 0 fully saturated rings. The van der Waals surface area contributed by atoms with E-state index < -0.39 is 0 Å². The molecule has 0 aliphatic heterocycles. The third-order valence-electron chi connectivity index (χ3n) is 2.72. The van der Waals surface area contributed by atoms with E-state index in [0.717, 1.165) is 17.7 Å². The smallest absolute Gasteiger partial charge is 0.238 e. The molecule has 1 amide bonds. The Morgan fingerprint density at radius 1 is 1.42 bits per heavy atom. The first-order valence-electron chi connectivity index (χ1n) is 6.28. The van der Waals surface area contributed by atoms with E-state index in [2.05, 4.69) is 36.6 Å². The summed E-state index contributed by atoms with van der Waals surface area (Å²) in [6.45, 7) is 6.78. The molecule has 0 spiro atoms. The molecule has 0 aliphatic carbocycles. The molecule has 108 valence electrons. The van der Waals surface area contributed by atoms with Crippen molar-refractivity contribution in [3.8, 4) is 0 Å². The van der Waals surface area contributed by atoms with Crippen molar-refractivity contribution in [2.75, 3.05) is 18.9 Å². The lowest BCUT2D eigenvalue weighted by molar-refractivity contribution is -0.115. The lowest BCUT2D eigenvalue weighted by Crippen LogP contribution is -2.25. The molecule has 0 heterocycles. The number of hydrogen-bond donors (Lipinski definition) is 2. The highest BCUT2D eigenvalue weighted by Gasteiger charge is 2.06. The standard InChI is InChI=1S/C14H22N2OS.ClH/c1-5-11(3)18-12-6-7-13(10(2)8-12)16-14(17)9-15-4;/h6-8,11,15H,5,9H2,1-4H3,(H,16,17);1H. The van der Waals surface area contributed by atoms with Gasteiger partial charge in [0.25, 0.3) is 0 Å². The Morgan fingerprint density at radius 3 is 2.63 bits per heavy atom. The molecule has 1 rings (SSSR count). The van der Waals surface area contributed by atoms with Gasteiger partial charge in [-0.05, 0) is 44.2 Å². The van der Waals surface area contributed by atoms with Crippen LogP contribution in [0.3, 0.4) is 0 Å². The highest BCUT2D eigenvalue weighted by Crippen LogP contribution is 2.28. The second kappa shape index (κ2) is 9.23. The van der Waals surface area contributed by atoms with Gasteiger partial charge in [-0.1, -0.05) is 13.8 Å². The molecule has 0 aromatic heterocycles. The van der Waals surface area contributed by atoms with Gasteiger partial charge in [0, 0.05) is 15.8 Å². The van der Waals surface area contributed by atoms with Crippen molar-refractivity contribution in [3.63, 3.8) is 0 Å². The number of anilines is 1. The van der Waals surface area contributed by atoms with Crippen LogP contribution in [0.1, 0.15) is 25.8 Å². The first-order valence-corrected chi connectivity index (χ1v) is 7.16. The molecule has 1 aromatic carbocycles. The maximum atomic E-state index is 11.5. The molecule has 5 heteroatoms. The number of benzene rings is 1. The Morgan fingerprint density at radius 2 is 2.11 bits per heavy atom. The molecular formula is C14H23ClN2OS. The molecule has 0 saturated carbocycles. The van der Waals surface area contributed by atoms with E-state index in [0.29, 0.717) is 11.8 Å². The Kier molecular flexibility index (Phi) is 8.89. The third-order valence-corrected chi connectivity index (χ3v) is 3.98. The Labute approximate surface area is 126 Å². The molecule has 1 aromatic rings. The summed E-state index contributed by atoms with van der Waals surface area (Å²) in [5, 5.41) is 6.35. The zero-order valence-electron chi connectivity index (χ0n) is 11.9. The fraction of sp³-hybridized carbons (Fsp3) is 0.500. The van der Waals surface area contributed by atoms with Gasteiger partial charge in [-0.3, -0.25) is 4.79 Å². The van der Waals surface area contributed by atoms with Crippen molar-refractivity contribution in [1.29, 1.82) is 0 Å². The summed E-state index contributed by atoms with van der Waals surface area (Å²) in [6, 6.07) is 6.18. The highest BCUT2D eigenvalue weighted by atomic mass is 35.5. The van der Waals surface area contributed by atoms with Crippen molar-refractivity contribution in [2.45, 2.75) is 37.3 Å². The molecule has 0 saturated heterocycles. The first kappa shape index (κ1) is 18.3. The predicted molar refractivity (Wildman–Crippen MR) is 86.6 cm³/mol. The molecule has 1 atom stereocenters. The van der Waals surface area contributed by atoms with Crippen LogP contribution in [0.15, 0.2) is 23.1 Å². The number of nitrogens with one attached hydrogen (secondary N) is 2. The molecule has 1 unspecified atom stereocenters. The van der Waals surface area contributed by atoms with E-state index in [-0.39, 0.29) is 18.3 Å². The molecular weight excluding hydrogens is 280 g/mol. The zero-order chi connectivity index (χ0) is 13.5. The van der Waals surface area contributed by atoms with E-state index in [4.69, 9.17) is 0 Å². The number of halogens is 1. The van der Waals surface area contributed by atoms with Gasteiger partial charge in [-0.2, -0.15) is 0 Å². The normalized spacial score (nSPS) is 11.6. The molecule has 2 N–H and O–H groups in total. The first-order chi connectivity index (χ1) is 8.56. The van der Waals surface area contributed by atoms with E-state index in [1.807, 2.05) is 24.8 Å². The minimum atomic E-state index is -0.0112. The average Bonchev–Trinajstić information content (AvgIpc) is 2.33. The van der Waals surface area contributed by atoms with Gasteiger partial charge in [0.2, 0.25) is 5.91 Å². The second-order valence-electron chi connectivity index (χ2n) is 4.39. The van der Waals surface area contributed by atoms with Crippen LogP contribution in [0.25, 0.3) is 0 Å². The SMILES string of the molecule is CCC(C)Sc1ccc(NC(=O)CNC)c(C)c1.Cl. The fourth-order valence-corrected chi connectivity index (χ4v) is 2.54. The van der Waals surface area contributed by atoms with Crippen molar-refractivity contribution in [1.82, 2.24) is 5.32 Å². The van der Waals surface area contributed by atoms with Crippen LogP contribution >= 0.6 is 24.2 Å². The number of carbonyl (C=O) groups is 1. The number of rotatable bonds is 6. The van der Waals surface area contributed by atoms with Crippen LogP contribution < -0.4 is 10.6 Å². The zero-order valence-corrected chi connectivity index (χ0v) is 13.6. The van der Waals surface area contributed by atoms with Gasteiger partial charge >= 0.3 is 0 Å². The van der Waals surface area contributed by atoms with Crippen LogP contribution in [0.5, 0.6) is 0 Å². The van der Waals surface area contributed by atoms with Crippen molar-refractivity contribution in [2.24, 2.45) is 0 Å². The Bertz CT molecular complexity index is 412. The van der Waals surface area contributed by atoms with Gasteiger partial charge in [0.1, 0.15) is 0 Å². The van der Waals surface area contributed by atoms with Gasteiger partial charge in [0.05, 0.1) is 6.54 Å². The summed E-state index contributed by atoms with van der Waals surface area (Å²) >= 11 is 1.87. The Balaban J connectivity index is 0.00000324. The van der Waals surface area contributed by atoms with Crippen LogP contribution in [0.2, 0.25) is 0 Å². The van der Waals surface area contributed by atoms with Gasteiger partial charge < -0.3 is 10.6 Å². The lowest BCUT2D eigenvalue weighted by Gasteiger charge is -2.12. The largest absolute Gasteiger partial charge is 0.325 e. The molecule has 0 aliphatic rings. The summed E-state index contributed by atoms with van der Waals surface area (Å²) in [6.07, 6.45) is 1.16. The summed E-state index contributed by atoms with van der Waals surface area (Å²) in [4.78, 5) is 12.8. The highest BCUT2D eigenvalue weighted by molar-refractivity contribution is 7.99. The number of hydrogen-bond acceptors (Lipinski definition) is 3. The summed E-state index contributed by atoms with van der Waals surface area (Å²) < 4.78 is 0. The predicted octanol–water partition coefficient (Wildman–Crippen LogP) is 3.47. The number of aryl methyl sites for hydroxylation is 1. The maximum Gasteiger partial charge on any atom is 0.238 e. The Hall–Kier alpha value is -0.710. The maximum absolute atomic E-state index is 11.5. The molecule has 0 radical (unpaired) electrons. The molecule has 0 bridgehead atoms.